The molecule has 2 aromatic rings. The minimum absolute atomic E-state index is 0.0644. The Hall–Kier alpha value is -2.87. The molecule has 0 spiro atoms. The van der Waals surface area contributed by atoms with E-state index < -0.39 is 16.3 Å². The van der Waals surface area contributed by atoms with E-state index in [1.807, 2.05) is 13.0 Å². The van der Waals surface area contributed by atoms with Crippen molar-refractivity contribution in [3.8, 4) is 5.69 Å². The highest BCUT2D eigenvalue weighted by atomic mass is 32.2. The highest BCUT2D eigenvalue weighted by Gasteiger charge is 2.50. The van der Waals surface area contributed by atoms with E-state index in [1.54, 1.807) is 31.2 Å². The van der Waals surface area contributed by atoms with E-state index in [9.17, 15) is 14.4 Å². The van der Waals surface area contributed by atoms with Gasteiger partial charge in [-0.3, -0.25) is 9.59 Å². The summed E-state index contributed by atoms with van der Waals surface area (Å²) in [6.07, 6.45) is 0.213. The van der Waals surface area contributed by atoms with Crippen LogP contribution in [0.25, 0.3) is 11.4 Å². The Morgan fingerprint density at radius 1 is 1.33 bits per heavy atom. The van der Waals surface area contributed by atoms with E-state index in [0.29, 0.717) is 11.3 Å². The number of hydrogen-bond donors (Lipinski definition) is 1. The van der Waals surface area contributed by atoms with Crippen molar-refractivity contribution in [3.63, 3.8) is 0 Å². The first kappa shape index (κ1) is 17.5. The van der Waals surface area contributed by atoms with Crippen molar-refractivity contribution in [2.45, 2.75) is 25.0 Å². The SMILES string of the molecule is CCOC(=O)C1=C(N)c2c3c(nn(-c4ccccc4)c2=O)C(=O)S[C@@]3(C)C1. The first-order chi connectivity index (χ1) is 12.9. The van der Waals surface area contributed by atoms with Gasteiger partial charge >= 0.3 is 5.97 Å². The van der Waals surface area contributed by atoms with Crippen molar-refractivity contribution in [3.05, 3.63) is 63.1 Å². The molecule has 0 amide bonds. The Bertz CT molecular complexity index is 1070. The summed E-state index contributed by atoms with van der Waals surface area (Å²) in [4.78, 5) is 38.3. The van der Waals surface area contributed by atoms with Crippen molar-refractivity contribution in [1.82, 2.24) is 9.78 Å². The molecule has 0 fully saturated rings. The molecular formula is C19H17N3O4S. The highest BCUT2D eigenvalue weighted by molar-refractivity contribution is 8.15. The predicted molar refractivity (Wildman–Crippen MR) is 101 cm³/mol. The number of nitrogens with two attached hydrogens (primary N) is 1. The molecule has 2 heterocycles. The lowest BCUT2D eigenvalue weighted by Crippen LogP contribution is -2.36. The molecule has 1 aromatic heterocycles. The summed E-state index contributed by atoms with van der Waals surface area (Å²) < 4.78 is 5.50. The van der Waals surface area contributed by atoms with Gasteiger partial charge in [0.15, 0.2) is 0 Å². The molecule has 0 bridgehead atoms. The number of rotatable bonds is 3. The topological polar surface area (TPSA) is 104 Å². The summed E-state index contributed by atoms with van der Waals surface area (Å²) in [5.74, 6) is -0.564. The third-order valence-corrected chi connectivity index (χ3v) is 5.94. The Morgan fingerprint density at radius 2 is 2.04 bits per heavy atom. The van der Waals surface area contributed by atoms with E-state index >= 15 is 0 Å². The number of thioether (sulfide) groups is 1. The zero-order valence-electron chi connectivity index (χ0n) is 14.8. The second-order valence-corrected chi connectivity index (χ2v) is 8.04. The molecule has 0 saturated heterocycles. The molecule has 0 saturated carbocycles. The molecule has 1 aliphatic heterocycles. The van der Waals surface area contributed by atoms with Gasteiger partial charge in [-0.25, -0.2) is 4.79 Å². The maximum atomic E-state index is 13.2. The number of aromatic nitrogens is 2. The first-order valence-electron chi connectivity index (χ1n) is 8.50. The van der Waals surface area contributed by atoms with Gasteiger partial charge in [0.2, 0.25) is 5.12 Å². The fourth-order valence-electron chi connectivity index (χ4n) is 3.59. The van der Waals surface area contributed by atoms with Crippen LogP contribution < -0.4 is 11.3 Å². The minimum Gasteiger partial charge on any atom is -0.463 e. The summed E-state index contributed by atoms with van der Waals surface area (Å²) in [7, 11) is 0. The zero-order chi connectivity index (χ0) is 19.3. The second-order valence-electron chi connectivity index (χ2n) is 6.56. The second kappa shape index (κ2) is 6.09. The molecule has 1 aliphatic carbocycles. The normalized spacial score (nSPS) is 20.6. The van der Waals surface area contributed by atoms with Crippen LogP contribution >= 0.6 is 11.8 Å². The van der Waals surface area contributed by atoms with Gasteiger partial charge in [-0.1, -0.05) is 30.0 Å². The van der Waals surface area contributed by atoms with Gasteiger partial charge in [-0.2, -0.15) is 9.78 Å². The van der Waals surface area contributed by atoms with Crippen molar-refractivity contribution in [1.29, 1.82) is 0 Å². The van der Waals surface area contributed by atoms with Crippen molar-refractivity contribution >= 4 is 28.5 Å². The van der Waals surface area contributed by atoms with Crippen LogP contribution in [0.1, 0.15) is 41.9 Å². The molecule has 8 heteroatoms. The van der Waals surface area contributed by atoms with Crippen LogP contribution in [0, 0.1) is 0 Å². The monoisotopic (exact) mass is 383 g/mol. The van der Waals surface area contributed by atoms with Gasteiger partial charge in [-0.05, 0) is 26.0 Å². The molecule has 0 radical (unpaired) electrons. The molecule has 0 unspecified atom stereocenters. The number of nitrogens with zero attached hydrogens (tertiary/aromatic N) is 2. The van der Waals surface area contributed by atoms with E-state index in [-0.39, 0.29) is 40.7 Å². The number of hydrogen-bond acceptors (Lipinski definition) is 7. The fourth-order valence-corrected chi connectivity index (χ4v) is 4.76. The molecule has 1 aromatic carbocycles. The van der Waals surface area contributed by atoms with Gasteiger partial charge in [0.05, 0.1) is 33.9 Å². The van der Waals surface area contributed by atoms with Crippen LogP contribution in [-0.2, 0) is 14.3 Å². The number of carbonyl (C=O) groups is 2. The minimum atomic E-state index is -0.769. The lowest BCUT2D eigenvalue weighted by atomic mass is 9.81. The molecule has 7 nitrogen and oxygen atoms in total. The van der Waals surface area contributed by atoms with Gasteiger partial charge < -0.3 is 10.5 Å². The Morgan fingerprint density at radius 3 is 2.70 bits per heavy atom. The number of ether oxygens (including phenoxy) is 1. The zero-order valence-corrected chi connectivity index (χ0v) is 15.6. The van der Waals surface area contributed by atoms with Crippen LogP contribution in [0.5, 0.6) is 0 Å². The Labute approximate surface area is 159 Å². The van der Waals surface area contributed by atoms with Gasteiger partial charge in [0.1, 0.15) is 5.69 Å². The van der Waals surface area contributed by atoms with Gasteiger partial charge in [0.25, 0.3) is 5.56 Å². The molecule has 4 rings (SSSR count). The number of esters is 1. The van der Waals surface area contributed by atoms with E-state index in [4.69, 9.17) is 10.5 Å². The Kier molecular flexibility index (Phi) is 3.96. The maximum absolute atomic E-state index is 13.2. The van der Waals surface area contributed by atoms with E-state index in [2.05, 4.69) is 5.10 Å². The van der Waals surface area contributed by atoms with Crippen LogP contribution in [0.4, 0.5) is 0 Å². The third kappa shape index (κ3) is 2.51. The molecular weight excluding hydrogens is 366 g/mol. The number of carbonyl (C=O) groups excluding carboxylic acids is 2. The summed E-state index contributed by atoms with van der Waals surface area (Å²) in [6.45, 7) is 3.72. The number of benzene rings is 1. The van der Waals surface area contributed by atoms with Crippen molar-refractivity contribution in [2.24, 2.45) is 5.73 Å². The third-order valence-electron chi connectivity index (χ3n) is 4.76. The predicted octanol–water partition coefficient (Wildman–Crippen LogP) is 1.97. The van der Waals surface area contributed by atoms with Crippen LogP contribution in [0.15, 0.2) is 40.7 Å². The summed E-state index contributed by atoms with van der Waals surface area (Å²) in [6, 6.07) is 8.79. The largest absolute Gasteiger partial charge is 0.463 e. The van der Waals surface area contributed by atoms with E-state index in [0.717, 1.165) is 11.8 Å². The lowest BCUT2D eigenvalue weighted by molar-refractivity contribution is -0.138. The molecule has 1 atom stereocenters. The summed E-state index contributed by atoms with van der Waals surface area (Å²) in [5.41, 5.74) is 7.49. The van der Waals surface area contributed by atoms with Crippen molar-refractivity contribution < 1.29 is 14.3 Å². The van der Waals surface area contributed by atoms with Crippen LogP contribution in [0.3, 0.4) is 0 Å². The number of para-hydroxylation sites is 1. The summed E-state index contributed by atoms with van der Waals surface area (Å²) >= 11 is 1.06. The summed E-state index contributed by atoms with van der Waals surface area (Å²) in [5, 5.41) is 4.08. The van der Waals surface area contributed by atoms with Crippen LogP contribution in [0.2, 0.25) is 0 Å². The average molecular weight is 383 g/mol. The maximum Gasteiger partial charge on any atom is 0.336 e. The van der Waals surface area contributed by atoms with Gasteiger partial charge in [0, 0.05) is 12.0 Å². The quantitative estimate of drug-likeness (QED) is 0.808. The molecule has 138 valence electrons. The van der Waals surface area contributed by atoms with Gasteiger partial charge in [-0.15, -0.1) is 0 Å². The molecule has 2 aliphatic rings. The lowest BCUT2D eigenvalue weighted by Gasteiger charge is -2.31. The van der Waals surface area contributed by atoms with Crippen LogP contribution in [-0.4, -0.2) is 27.5 Å². The molecule has 27 heavy (non-hydrogen) atoms. The smallest absolute Gasteiger partial charge is 0.336 e. The standard InChI is InChI=1S/C19H17N3O4S/c1-3-26-17(24)11-9-19(2)13-12(14(11)20)16(23)22(10-7-5-4-6-8-10)21-15(13)18(25)27-19/h4-8H,3,9,20H2,1-2H3/t19-/m0/s1. The average Bonchev–Trinajstić information content (AvgIpc) is 2.90. The highest BCUT2D eigenvalue weighted by Crippen LogP contribution is 2.54. The first-order valence-corrected chi connectivity index (χ1v) is 9.31. The fraction of sp³-hybridized carbons (Fsp3) is 0.263. The van der Waals surface area contributed by atoms with E-state index in [1.165, 1.54) is 4.68 Å². The molecule has 2 N–H and O–H groups in total. The Balaban J connectivity index is 2.05. The van der Waals surface area contributed by atoms with Crippen molar-refractivity contribution in [2.75, 3.05) is 6.61 Å².